The third-order valence-corrected chi connectivity index (χ3v) is 6.40. The van der Waals surface area contributed by atoms with E-state index in [4.69, 9.17) is 18.0 Å². The van der Waals surface area contributed by atoms with Gasteiger partial charge in [-0.25, -0.2) is 0 Å². The molecule has 0 saturated heterocycles. The molecule has 0 fully saturated rings. The van der Waals surface area contributed by atoms with E-state index in [0.717, 1.165) is 11.3 Å². The fourth-order valence-corrected chi connectivity index (χ4v) is 4.97. The highest BCUT2D eigenvalue weighted by Crippen LogP contribution is 2.27. The maximum atomic E-state index is 5.92. The second kappa shape index (κ2) is 8.53. The van der Waals surface area contributed by atoms with Crippen LogP contribution in [0.15, 0.2) is 12.1 Å². The molecule has 120 valence electrons. The Morgan fingerprint density at radius 2 is 1.33 bits per heavy atom. The van der Waals surface area contributed by atoms with Crippen LogP contribution in [0.2, 0.25) is 0 Å². The molecule has 0 aromatic heterocycles. The molecule has 0 N–H and O–H groups in total. The van der Waals surface area contributed by atoms with Crippen LogP contribution in [-0.4, -0.2) is 35.7 Å². The molecule has 0 heterocycles. The second-order valence-electron chi connectivity index (χ2n) is 4.91. The zero-order valence-corrected chi connectivity index (χ0v) is 15.1. The molecule has 4 nitrogen and oxygen atoms in total. The first kappa shape index (κ1) is 18.2. The van der Waals surface area contributed by atoms with Crippen LogP contribution in [-0.2, 0) is 19.3 Å². The first-order valence-corrected chi connectivity index (χ1v) is 9.51. The highest BCUT2D eigenvalue weighted by molar-refractivity contribution is 6.60. The van der Waals surface area contributed by atoms with E-state index in [2.05, 4.69) is 26.0 Å². The SMILES string of the molecule is CCO[Si](Cc1cc(C)c(C)cc1OC)(OCC)OCC. The number of methoxy groups -OCH3 is 1. The Hall–Kier alpha value is -0.883. The molecule has 0 spiro atoms. The van der Waals surface area contributed by atoms with Gasteiger partial charge in [-0.3, -0.25) is 0 Å². The minimum atomic E-state index is -2.70. The van der Waals surface area contributed by atoms with Crippen molar-refractivity contribution < 1.29 is 18.0 Å². The van der Waals surface area contributed by atoms with Gasteiger partial charge in [-0.2, -0.15) is 0 Å². The first-order chi connectivity index (χ1) is 10.0. The van der Waals surface area contributed by atoms with Crippen molar-refractivity contribution in [2.45, 2.75) is 40.7 Å². The van der Waals surface area contributed by atoms with E-state index >= 15 is 0 Å². The van der Waals surface area contributed by atoms with Gasteiger partial charge in [0.25, 0.3) is 0 Å². The maximum Gasteiger partial charge on any atom is 0.505 e. The fraction of sp³-hybridized carbons (Fsp3) is 0.625. The van der Waals surface area contributed by atoms with Crippen molar-refractivity contribution in [3.63, 3.8) is 0 Å². The second-order valence-corrected chi connectivity index (χ2v) is 7.49. The monoisotopic (exact) mass is 312 g/mol. The average Bonchev–Trinajstić information content (AvgIpc) is 2.43. The van der Waals surface area contributed by atoms with Gasteiger partial charge >= 0.3 is 8.80 Å². The van der Waals surface area contributed by atoms with Gasteiger partial charge in [-0.05, 0) is 57.4 Å². The summed E-state index contributed by atoms with van der Waals surface area (Å²) in [6.45, 7) is 11.8. The van der Waals surface area contributed by atoms with Crippen molar-refractivity contribution >= 4 is 8.80 Å². The molecule has 21 heavy (non-hydrogen) atoms. The van der Waals surface area contributed by atoms with E-state index in [9.17, 15) is 0 Å². The number of ether oxygens (including phenoxy) is 1. The summed E-state index contributed by atoms with van der Waals surface area (Å²) in [4.78, 5) is 0. The molecule has 0 radical (unpaired) electrons. The van der Waals surface area contributed by atoms with E-state index in [-0.39, 0.29) is 0 Å². The summed E-state index contributed by atoms with van der Waals surface area (Å²) in [6.07, 6.45) is 0. The Bertz CT molecular complexity index is 431. The summed E-state index contributed by atoms with van der Waals surface area (Å²) in [5, 5.41) is 0. The van der Waals surface area contributed by atoms with Crippen LogP contribution < -0.4 is 4.74 Å². The molecule has 0 saturated carbocycles. The molecule has 0 amide bonds. The van der Waals surface area contributed by atoms with Crippen molar-refractivity contribution in [1.29, 1.82) is 0 Å². The molecule has 0 unspecified atom stereocenters. The molecule has 1 aromatic rings. The number of hydrogen-bond acceptors (Lipinski definition) is 4. The lowest BCUT2D eigenvalue weighted by molar-refractivity contribution is 0.0702. The van der Waals surface area contributed by atoms with Crippen molar-refractivity contribution in [2.75, 3.05) is 26.9 Å². The van der Waals surface area contributed by atoms with Crippen molar-refractivity contribution in [1.82, 2.24) is 0 Å². The fourth-order valence-electron chi connectivity index (χ4n) is 2.35. The minimum absolute atomic E-state index is 0.583. The van der Waals surface area contributed by atoms with Crippen molar-refractivity contribution in [3.8, 4) is 5.75 Å². The molecule has 0 aliphatic rings. The highest BCUT2D eigenvalue weighted by Gasteiger charge is 2.41. The number of hydrogen-bond donors (Lipinski definition) is 0. The zero-order chi connectivity index (χ0) is 15.9. The summed E-state index contributed by atoms with van der Waals surface area (Å²) >= 11 is 0. The molecular weight excluding hydrogens is 284 g/mol. The van der Waals surface area contributed by atoms with E-state index in [1.54, 1.807) is 7.11 Å². The Balaban J connectivity index is 3.14. The van der Waals surface area contributed by atoms with Crippen molar-refractivity contribution in [3.05, 3.63) is 28.8 Å². The minimum Gasteiger partial charge on any atom is -0.496 e. The average molecular weight is 312 g/mol. The Morgan fingerprint density at radius 1 is 0.857 bits per heavy atom. The summed E-state index contributed by atoms with van der Waals surface area (Å²) in [5.74, 6) is 0.870. The van der Waals surface area contributed by atoms with Crippen LogP contribution in [0, 0.1) is 13.8 Å². The predicted octanol–water partition coefficient (Wildman–Crippen LogP) is 3.44. The lowest BCUT2D eigenvalue weighted by Crippen LogP contribution is -2.48. The largest absolute Gasteiger partial charge is 0.505 e. The normalized spacial score (nSPS) is 11.7. The summed E-state index contributed by atoms with van der Waals surface area (Å²) in [6, 6.07) is 4.84. The van der Waals surface area contributed by atoms with Crippen LogP contribution in [0.5, 0.6) is 5.75 Å². The summed E-state index contributed by atoms with van der Waals surface area (Å²) in [5.41, 5.74) is 3.54. The quantitative estimate of drug-likeness (QED) is 0.655. The topological polar surface area (TPSA) is 36.9 Å². The lowest BCUT2D eigenvalue weighted by atomic mass is 10.1. The highest BCUT2D eigenvalue weighted by atomic mass is 28.4. The molecule has 1 aromatic carbocycles. The number of aryl methyl sites for hydroxylation is 2. The van der Waals surface area contributed by atoms with Crippen LogP contribution >= 0.6 is 0 Å². The van der Waals surface area contributed by atoms with Crippen LogP contribution in [0.4, 0.5) is 0 Å². The van der Waals surface area contributed by atoms with Gasteiger partial charge in [-0.15, -0.1) is 0 Å². The van der Waals surface area contributed by atoms with Crippen LogP contribution in [0.3, 0.4) is 0 Å². The predicted molar refractivity (Wildman–Crippen MR) is 86.8 cm³/mol. The molecule has 1 rings (SSSR count). The van der Waals surface area contributed by atoms with Gasteiger partial charge < -0.3 is 18.0 Å². The molecular formula is C16H28O4Si. The van der Waals surface area contributed by atoms with E-state index in [1.165, 1.54) is 11.1 Å². The van der Waals surface area contributed by atoms with E-state index in [1.807, 2.05) is 20.8 Å². The van der Waals surface area contributed by atoms with Crippen LogP contribution in [0.1, 0.15) is 37.5 Å². The van der Waals surface area contributed by atoms with Gasteiger partial charge in [0, 0.05) is 25.9 Å². The number of rotatable bonds is 9. The Kier molecular flexibility index (Phi) is 7.38. The molecule has 0 aliphatic heterocycles. The standard InChI is InChI=1S/C16H28O4Si/c1-7-18-21(19-8-2,20-9-3)12-15-10-13(4)14(5)11-16(15)17-6/h10-11H,7-9,12H2,1-6H3. The molecule has 0 aliphatic carbocycles. The van der Waals surface area contributed by atoms with Gasteiger partial charge in [0.15, 0.2) is 0 Å². The van der Waals surface area contributed by atoms with Gasteiger partial charge in [-0.1, -0.05) is 6.07 Å². The van der Waals surface area contributed by atoms with Gasteiger partial charge in [0.1, 0.15) is 5.75 Å². The van der Waals surface area contributed by atoms with Crippen molar-refractivity contribution in [2.24, 2.45) is 0 Å². The summed E-state index contributed by atoms with van der Waals surface area (Å²) < 4.78 is 23.3. The van der Waals surface area contributed by atoms with Crippen LogP contribution in [0.25, 0.3) is 0 Å². The zero-order valence-electron chi connectivity index (χ0n) is 14.1. The number of benzene rings is 1. The molecule has 0 bridgehead atoms. The van der Waals surface area contributed by atoms with Gasteiger partial charge in [0.2, 0.25) is 0 Å². The van der Waals surface area contributed by atoms with E-state index < -0.39 is 8.80 Å². The van der Waals surface area contributed by atoms with Gasteiger partial charge in [0.05, 0.1) is 7.11 Å². The summed E-state index contributed by atoms with van der Waals surface area (Å²) in [7, 11) is -1.01. The Morgan fingerprint density at radius 3 is 1.76 bits per heavy atom. The Labute approximate surface area is 129 Å². The molecule has 0 atom stereocenters. The first-order valence-electron chi connectivity index (χ1n) is 7.57. The third-order valence-electron chi connectivity index (χ3n) is 3.40. The molecule has 5 heteroatoms. The van der Waals surface area contributed by atoms with E-state index in [0.29, 0.717) is 25.9 Å². The maximum absolute atomic E-state index is 5.92. The third kappa shape index (κ3) is 4.81. The lowest BCUT2D eigenvalue weighted by Gasteiger charge is -2.29. The smallest absolute Gasteiger partial charge is 0.496 e.